The van der Waals surface area contributed by atoms with E-state index in [1.54, 1.807) is 19.1 Å². The number of carbonyl (C=O) groups is 2. The third-order valence-electron chi connectivity index (χ3n) is 4.58. The zero-order valence-electron chi connectivity index (χ0n) is 16.2. The van der Waals surface area contributed by atoms with Gasteiger partial charge < -0.3 is 9.64 Å². The molecule has 2 aromatic rings. The number of piperazine rings is 1. The van der Waals surface area contributed by atoms with Crippen molar-refractivity contribution >= 4 is 21.9 Å². The lowest BCUT2D eigenvalue weighted by Gasteiger charge is -2.34. The number of nitrogens with zero attached hydrogens (tertiary/aromatic N) is 6. The molecule has 1 aliphatic heterocycles. The molecule has 29 heavy (non-hydrogen) atoms. The lowest BCUT2D eigenvalue weighted by atomic mass is 10.2. The fourth-order valence-corrected chi connectivity index (χ4v) is 4.70. The highest BCUT2D eigenvalue weighted by atomic mass is 32.2. The Kier molecular flexibility index (Phi) is 6.23. The molecular formula is C17H22N6O5S. The van der Waals surface area contributed by atoms with E-state index in [0.717, 1.165) is 5.56 Å². The monoisotopic (exact) mass is 422 g/mol. The fourth-order valence-electron chi connectivity index (χ4n) is 3.07. The summed E-state index contributed by atoms with van der Waals surface area (Å²) in [4.78, 5) is 25.7. The van der Waals surface area contributed by atoms with Crippen LogP contribution in [0.1, 0.15) is 11.1 Å². The second-order valence-corrected chi connectivity index (χ2v) is 8.63. The van der Waals surface area contributed by atoms with Gasteiger partial charge in [-0.2, -0.15) is 4.31 Å². The Morgan fingerprint density at radius 1 is 1.14 bits per heavy atom. The van der Waals surface area contributed by atoms with Crippen molar-refractivity contribution in [2.75, 3.05) is 32.8 Å². The smallest absolute Gasteiger partial charge is 0.328 e. The van der Waals surface area contributed by atoms with E-state index in [-0.39, 0.29) is 43.5 Å². The van der Waals surface area contributed by atoms with E-state index >= 15 is 0 Å². The molecule has 1 saturated heterocycles. The largest absolute Gasteiger partial charge is 0.454 e. The minimum Gasteiger partial charge on any atom is -0.454 e. The number of carbonyl (C=O) groups excluding carboxylic acids is 2. The van der Waals surface area contributed by atoms with Crippen molar-refractivity contribution in [1.82, 2.24) is 29.4 Å². The van der Waals surface area contributed by atoms with Crippen LogP contribution in [0.2, 0.25) is 0 Å². The van der Waals surface area contributed by atoms with Crippen LogP contribution in [-0.4, -0.2) is 82.5 Å². The van der Waals surface area contributed by atoms with E-state index in [0.29, 0.717) is 5.56 Å². The number of hydrogen-bond acceptors (Lipinski definition) is 8. The van der Waals surface area contributed by atoms with Gasteiger partial charge in [-0.25, -0.2) is 13.1 Å². The summed E-state index contributed by atoms with van der Waals surface area (Å²) in [5.74, 6) is -1.01. The lowest BCUT2D eigenvalue weighted by Crippen LogP contribution is -2.51. The standard InChI is InChI=1S/C17H22N6O5S/c1-13-3-4-15(14(2)9-13)29(26,27)23-7-5-21(6-8-23)16(24)11-28-17(25)10-22-12-18-19-20-22/h3-4,9,12H,5-8,10-11H2,1-2H3. The van der Waals surface area contributed by atoms with Gasteiger partial charge in [0.1, 0.15) is 12.9 Å². The van der Waals surface area contributed by atoms with Gasteiger partial charge in [0.25, 0.3) is 5.91 Å². The minimum atomic E-state index is -3.62. The van der Waals surface area contributed by atoms with E-state index in [2.05, 4.69) is 15.5 Å². The molecular weight excluding hydrogens is 400 g/mol. The van der Waals surface area contributed by atoms with Gasteiger partial charge in [0, 0.05) is 26.2 Å². The van der Waals surface area contributed by atoms with Gasteiger partial charge >= 0.3 is 5.97 Å². The van der Waals surface area contributed by atoms with E-state index in [1.807, 2.05) is 13.0 Å². The molecule has 1 aromatic heterocycles. The second kappa shape index (κ2) is 8.66. The highest BCUT2D eigenvalue weighted by Gasteiger charge is 2.31. The van der Waals surface area contributed by atoms with Crippen LogP contribution in [0, 0.1) is 13.8 Å². The predicted octanol–water partition coefficient (Wildman–Crippen LogP) is -0.634. The Morgan fingerprint density at radius 3 is 2.48 bits per heavy atom. The highest BCUT2D eigenvalue weighted by molar-refractivity contribution is 7.89. The molecule has 0 radical (unpaired) electrons. The average molecular weight is 422 g/mol. The summed E-state index contributed by atoms with van der Waals surface area (Å²) in [6, 6.07) is 5.21. The van der Waals surface area contributed by atoms with E-state index < -0.39 is 22.6 Å². The van der Waals surface area contributed by atoms with Crippen molar-refractivity contribution in [3.05, 3.63) is 35.7 Å². The number of amides is 1. The van der Waals surface area contributed by atoms with Crippen LogP contribution >= 0.6 is 0 Å². The number of tetrazole rings is 1. The summed E-state index contributed by atoms with van der Waals surface area (Å²) in [5, 5.41) is 10.3. The van der Waals surface area contributed by atoms with E-state index in [1.165, 1.54) is 20.2 Å². The first-order valence-electron chi connectivity index (χ1n) is 8.99. The SMILES string of the molecule is Cc1ccc(S(=O)(=O)N2CCN(C(=O)COC(=O)Cn3cnnn3)CC2)c(C)c1. The first-order chi connectivity index (χ1) is 13.8. The molecule has 0 N–H and O–H groups in total. The number of aryl methyl sites for hydroxylation is 2. The minimum absolute atomic E-state index is 0.181. The fraction of sp³-hybridized carbons (Fsp3) is 0.471. The predicted molar refractivity (Wildman–Crippen MR) is 100 cm³/mol. The maximum atomic E-state index is 12.9. The quantitative estimate of drug-likeness (QED) is 0.563. The zero-order valence-corrected chi connectivity index (χ0v) is 17.0. The Balaban J connectivity index is 1.51. The van der Waals surface area contributed by atoms with Gasteiger partial charge in [-0.1, -0.05) is 17.7 Å². The molecule has 1 fully saturated rings. The van der Waals surface area contributed by atoms with Crippen molar-refractivity contribution in [3.8, 4) is 0 Å². The summed E-state index contributed by atoms with van der Waals surface area (Å²) in [6.07, 6.45) is 1.26. The summed E-state index contributed by atoms with van der Waals surface area (Å²) in [5.41, 5.74) is 1.68. The van der Waals surface area contributed by atoms with Crippen molar-refractivity contribution in [3.63, 3.8) is 0 Å². The van der Waals surface area contributed by atoms with E-state index in [9.17, 15) is 18.0 Å². The molecule has 11 nitrogen and oxygen atoms in total. The summed E-state index contributed by atoms with van der Waals surface area (Å²) in [6.45, 7) is 3.89. The highest BCUT2D eigenvalue weighted by Crippen LogP contribution is 2.22. The third-order valence-corrected chi connectivity index (χ3v) is 6.64. The normalized spacial score (nSPS) is 15.3. The van der Waals surface area contributed by atoms with Crippen LogP contribution in [0.4, 0.5) is 0 Å². The molecule has 1 aliphatic rings. The number of rotatable bonds is 6. The molecule has 1 aromatic carbocycles. The number of ether oxygens (including phenoxy) is 1. The van der Waals surface area contributed by atoms with Crippen LogP contribution in [0.5, 0.6) is 0 Å². The average Bonchev–Trinajstić information content (AvgIpc) is 3.19. The summed E-state index contributed by atoms with van der Waals surface area (Å²) >= 11 is 0. The second-order valence-electron chi connectivity index (χ2n) is 6.72. The van der Waals surface area contributed by atoms with Gasteiger partial charge in [0.2, 0.25) is 10.0 Å². The zero-order chi connectivity index (χ0) is 21.0. The molecule has 1 amide bonds. The number of benzene rings is 1. The van der Waals surface area contributed by atoms with Gasteiger partial charge in [-0.3, -0.25) is 9.59 Å². The van der Waals surface area contributed by atoms with Crippen LogP contribution in [0.15, 0.2) is 29.4 Å². The van der Waals surface area contributed by atoms with Gasteiger partial charge in [-0.05, 0) is 35.9 Å². The molecule has 0 spiro atoms. The molecule has 0 atom stereocenters. The van der Waals surface area contributed by atoms with Crippen molar-refractivity contribution in [2.45, 2.75) is 25.3 Å². The van der Waals surface area contributed by atoms with Crippen LogP contribution in [0.3, 0.4) is 0 Å². The molecule has 3 rings (SSSR count). The summed E-state index contributed by atoms with van der Waals surface area (Å²) in [7, 11) is -3.62. The van der Waals surface area contributed by atoms with Gasteiger partial charge in [0.05, 0.1) is 4.90 Å². The first-order valence-corrected chi connectivity index (χ1v) is 10.4. The van der Waals surface area contributed by atoms with Crippen LogP contribution < -0.4 is 0 Å². The van der Waals surface area contributed by atoms with E-state index in [4.69, 9.17) is 4.74 Å². The number of hydrogen-bond donors (Lipinski definition) is 0. The van der Waals surface area contributed by atoms with Crippen LogP contribution in [-0.2, 0) is 30.9 Å². The Hall–Kier alpha value is -2.86. The van der Waals surface area contributed by atoms with Crippen molar-refractivity contribution < 1.29 is 22.7 Å². The number of esters is 1. The van der Waals surface area contributed by atoms with Crippen molar-refractivity contribution in [2.24, 2.45) is 0 Å². The molecule has 0 aliphatic carbocycles. The third kappa shape index (κ3) is 4.95. The number of sulfonamides is 1. The topological polar surface area (TPSA) is 128 Å². The van der Waals surface area contributed by atoms with Gasteiger partial charge in [-0.15, -0.1) is 5.10 Å². The molecule has 12 heteroatoms. The maximum absolute atomic E-state index is 12.9. The molecule has 0 bridgehead atoms. The van der Waals surface area contributed by atoms with Crippen LogP contribution in [0.25, 0.3) is 0 Å². The number of aromatic nitrogens is 4. The Morgan fingerprint density at radius 2 is 1.86 bits per heavy atom. The Labute approximate surface area is 168 Å². The molecule has 156 valence electrons. The molecule has 0 saturated carbocycles. The molecule has 2 heterocycles. The lowest BCUT2D eigenvalue weighted by molar-refractivity contribution is -0.153. The first kappa shape index (κ1) is 20.9. The van der Waals surface area contributed by atoms with Gasteiger partial charge in [0.15, 0.2) is 6.61 Å². The Bertz CT molecular complexity index is 984. The van der Waals surface area contributed by atoms with Crippen molar-refractivity contribution in [1.29, 1.82) is 0 Å². The maximum Gasteiger partial charge on any atom is 0.328 e. The summed E-state index contributed by atoms with van der Waals surface area (Å²) < 4.78 is 33.3. The molecule has 0 unspecified atom stereocenters.